The van der Waals surface area contributed by atoms with E-state index >= 15 is 0 Å². The van der Waals surface area contributed by atoms with Crippen LogP contribution in [-0.2, 0) is 27.9 Å². The number of sulfonamides is 1. The second kappa shape index (κ2) is 8.49. The van der Waals surface area contributed by atoms with Crippen molar-refractivity contribution in [1.29, 1.82) is 0 Å². The zero-order chi connectivity index (χ0) is 21.1. The van der Waals surface area contributed by atoms with Gasteiger partial charge >= 0.3 is 6.03 Å². The summed E-state index contributed by atoms with van der Waals surface area (Å²) >= 11 is 0. The third kappa shape index (κ3) is 4.82. The Morgan fingerprint density at radius 3 is 2.63 bits per heavy atom. The van der Waals surface area contributed by atoms with Gasteiger partial charge in [0, 0.05) is 6.07 Å². The van der Waals surface area contributed by atoms with Gasteiger partial charge in [0.15, 0.2) is 0 Å². The summed E-state index contributed by atoms with van der Waals surface area (Å²) in [6, 6.07) is 9.26. The molecule has 2 aliphatic rings. The van der Waals surface area contributed by atoms with Crippen LogP contribution in [0.3, 0.4) is 0 Å². The van der Waals surface area contributed by atoms with Crippen LogP contribution in [0.2, 0.25) is 0 Å². The van der Waals surface area contributed by atoms with Crippen molar-refractivity contribution in [2.75, 3.05) is 6.54 Å². The number of ether oxygens (including phenoxy) is 1. The fraction of sp³-hybridized carbons (Fsp3) is 0.400. The van der Waals surface area contributed by atoms with Crippen molar-refractivity contribution in [2.45, 2.75) is 49.8 Å². The summed E-state index contributed by atoms with van der Waals surface area (Å²) in [4.78, 5) is 24.3. The summed E-state index contributed by atoms with van der Waals surface area (Å²) < 4.78 is 39.3. The number of nitrogens with zero attached hydrogens (tertiary/aromatic N) is 1. The van der Waals surface area contributed by atoms with Crippen LogP contribution in [0.15, 0.2) is 45.7 Å². The van der Waals surface area contributed by atoms with Gasteiger partial charge in [-0.2, -0.15) is 0 Å². The highest BCUT2D eigenvalue weighted by Gasteiger charge is 2.27. The minimum absolute atomic E-state index is 0.0270. The molecule has 3 amide bonds. The van der Waals surface area contributed by atoms with Crippen LogP contribution < -0.4 is 14.8 Å². The number of hydrogen-bond acceptors (Lipinski definition) is 6. The number of urea groups is 1. The Balaban J connectivity index is 1.35. The van der Waals surface area contributed by atoms with E-state index in [1.807, 2.05) is 0 Å². The number of carbonyl (C=O) groups excluding carboxylic acids is 2. The van der Waals surface area contributed by atoms with Gasteiger partial charge in [0.05, 0.1) is 24.1 Å². The Labute approximate surface area is 174 Å². The maximum Gasteiger partial charge on any atom is 0.324 e. The standard InChI is InChI=1S/C20H23N3O6S/c24-19-13-23(20(25)22-19)12-17-9-8-16(29-17)11-21-30(26,27)18-7-3-6-15(10-18)28-14-4-1-2-5-14/h3,6-10,14,21H,1-2,4-5,11-13H2,(H,22,24,25). The molecule has 2 N–H and O–H groups in total. The number of benzene rings is 1. The van der Waals surface area contributed by atoms with Crippen molar-refractivity contribution in [3.8, 4) is 5.75 Å². The Bertz CT molecular complexity index is 1040. The van der Waals surface area contributed by atoms with Crippen molar-refractivity contribution in [3.05, 3.63) is 47.9 Å². The first-order valence-electron chi connectivity index (χ1n) is 9.82. The van der Waals surface area contributed by atoms with E-state index in [1.54, 1.807) is 24.3 Å². The Morgan fingerprint density at radius 1 is 1.13 bits per heavy atom. The number of rotatable bonds is 8. The number of furan rings is 1. The zero-order valence-electron chi connectivity index (χ0n) is 16.3. The van der Waals surface area contributed by atoms with E-state index in [4.69, 9.17) is 9.15 Å². The Kier molecular flexibility index (Phi) is 5.78. The summed E-state index contributed by atoms with van der Waals surface area (Å²) in [5.41, 5.74) is 0. The molecule has 2 aromatic rings. The van der Waals surface area contributed by atoms with Crippen LogP contribution in [0.25, 0.3) is 0 Å². The molecule has 1 aromatic heterocycles. The van der Waals surface area contributed by atoms with Crippen molar-refractivity contribution in [3.63, 3.8) is 0 Å². The Morgan fingerprint density at radius 2 is 1.90 bits per heavy atom. The predicted molar refractivity (Wildman–Crippen MR) is 106 cm³/mol. The molecule has 0 bridgehead atoms. The lowest BCUT2D eigenvalue weighted by atomic mass is 10.3. The monoisotopic (exact) mass is 433 g/mol. The van der Waals surface area contributed by atoms with Gasteiger partial charge < -0.3 is 14.1 Å². The highest BCUT2D eigenvalue weighted by molar-refractivity contribution is 7.89. The molecule has 10 heteroatoms. The number of amides is 3. The molecule has 0 unspecified atom stereocenters. The van der Waals surface area contributed by atoms with Gasteiger partial charge in [-0.3, -0.25) is 10.1 Å². The summed E-state index contributed by atoms with van der Waals surface area (Å²) in [5.74, 6) is 1.04. The van der Waals surface area contributed by atoms with Crippen LogP contribution in [0.1, 0.15) is 37.2 Å². The van der Waals surface area contributed by atoms with Crippen LogP contribution in [-0.4, -0.2) is 37.9 Å². The quantitative estimate of drug-likeness (QED) is 0.616. The fourth-order valence-electron chi connectivity index (χ4n) is 3.56. The lowest BCUT2D eigenvalue weighted by molar-refractivity contribution is -0.118. The molecule has 4 rings (SSSR count). The molecule has 0 atom stereocenters. The van der Waals surface area contributed by atoms with E-state index in [0.29, 0.717) is 17.3 Å². The fourth-order valence-corrected chi connectivity index (χ4v) is 4.59. The first kappa shape index (κ1) is 20.4. The molecule has 2 fully saturated rings. The number of imide groups is 1. The van der Waals surface area contributed by atoms with Crippen molar-refractivity contribution >= 4 is 22.0 Å². The van der Waals surface area contributed by atoms with E-state index in [1.165, 1.54) is 17.0 Å². The molecule has 9 nitrogen and oxygen atoms in total. The van der Waals surface area contributed by atoms with E-state index in [-0.39, 0.29) is 36.5 Å². The lowest BCUT2D eigenvalue weighted by Crippen LogP contribution is -2.27. The second-order valence-corrected chi connectivity index (χ2v) is 9.17. The van der Waals surface area contributed by atoms with Gasteiger partial charge in [0.25, 0.3) is 0 Å². The highest BCUT2D eigenvalue weighted by atomic mass is 32.2. The van der Waals surface area contributed by atoms with Gasteiger partial charge in [-0.15, -0.1) is 0 Å². The van der Waals surface area contributed by atoms with Crippen molar-refractivity contribution in [2.24, 2.45) is 0 Å². The van der Waals surface area contributed by atoms with Gasteiger partial charge in [0.1, 0.15) is 23.8 Å². The normalized spacial score (nSPS) is 17.5. The van der Waals surface area contributed by atoms with Gasteiger partial charge in [-0.1, -0.05) is 6.07 Å². The van der Waals surface area contributed by atoms with Gasteiger partial charge in [-0.25, -0.2) is 17.9 Å². The highest BCUT2D eigenvalue weighted by Crippen LogP contribution is 2.25. The third-order valence-corrected chi connectivity index (χ3v) is 6.49. The molecule has 0 radical (unpaired) electrons. The van der Waals surface area contributed by atoms with Gasteiger partial charge in [-0.05, 0) is 49.9 Å². The molecule has 2 heterocycles. The van der Waals surface area contributed by atoms with E-state index in [2.05, 4.69) is 10.0 Å². The first-order valence-corrected chi connectivity index (χ1v) is 11.3. The Hall–Kier alpha value is -2.85. The lowest BCUT2D eigenvalue weighted by Gasteiger charge is -2.14. The molecule has 0 spiro atoms. The first-order chi connectivity index (χ1) is 14.4. The van der Waals surface area contributed by atoms with Crippen LogP contribution in [0.4, 0.5) is 4.79 Å². The molecule has 1 saturated carbocycles. The predicted octanol–water partition coefficient (Wildman–Crippen LogP) is 2.13. The molecule has 30 heavy (non-hydrogen) atoms. The molecule has 1 aliphatic heterocycles. The molecular weight excluding hydrogens is 410 g/mol. The third-order valence-electron chi connectivity index (χ3n) is 5.09. The minimum atomic E-state index is -3.75. The van der Waals surface area contributed by atoms with Crippen LogP contribution >= 0.6 is 0 Å². The average Bonchev–Trinajstić information content (AvgIpc) is 3.44. The molecule has 160 valence electrons. The maximum atomic E-state index is 12.7. The van der Waals surface area contributed by atoms with Gasteiger partial charge in [0.2, 0.25) is 15.9 Å². The van der Waals surface area contributed by atoms with Crippen LogP contribution in [0.5, 0.6) is 5.75 Å². The maximum absolute atomic E-state index is 12.7. The zero-order valence-corrected chi connectivity index (χ0v) is 17.1. The molecule has 1 aliphatic carbocycles. The number of hydrogen-bond donors (Lipinski definition) is 2. The summed E-state index contributed by atoms with van der Waals surface area (Å²) in [7, 11) is -3.75. The van der Waals surface area contributed by atoms with Crippen molar-refractivity contribution < 1.29 is 27.2 Å². The average molecular weight is 433 g/mol. The number of carbonyl (C=O) groups is 2. The largest absolute Gasteiger partial charge is 0.490 e. The van der Waals surface area contributed by atoms with Crippen LogP contribution in [0, 0.1) is 0 Å². The van der Waals surface area contributed by atoms with E-state index in [9.17, 15) is 18.0 Å². The minimum Gasteiger partial charge on any atom is -0.490 e. The SMILES string of the molecule is O=C1CN(Cc2ccc(CNS(=O)(=O)c3cccc(OC4CCCC4)c3)o2)C(=O)N1. The smallest absolute Gasteiger partial charge is 0.324 e. The van der Waals surface area contributed by atoms with E-state index < -0.39 is 16.1 Å². The van der Waals surface area contributed by atoms with Crippen molar-refractivity contribution in [1.82, 2.24) is 14.9 Å². The summed E-state index contributed by atoms with van der Waals surface area (Å²) in [5, 5.41) is 2.19. The topological polar surface area (TPSA) is 118 Å². The van der Waals surface area contributed by atoms with E-state index in [0.717, 1.165) is 25.7 Å². The molecule has 1 aromatic carbocycles. The molecular formula is C20H23N3O6S. The molecule has 1 saturated heterocycles. The summed E-state index contributed by atoms with van der Waals surface area (Å²) in [6.45, 7) is 0.0623. The number of nitrogens with one attached hydrogen (secondary N) is 2. The second-order valence-electron chi connectivity index (χ2n) is 7.40. The summed E-state index contributed by atoms with van der Waals surface area (Å²) in [6.07, 6.45) is 4.39.